The molecule has 0 aliphatic carbocycles. The summed E-state index contributed by atoms with van der Waals surface area (Å²) in [6, 6.07) is 0. The van der Waals surface area contributed by atoms with Crippen LogP contribution in [0.1, 0.15) is 12.8 Å². The van der Waals surface area contributed by atoms with Crippen molar-refractivity contribution in [2.45, 2.75) is 12.8 Å². The molecule has 0 aromatic carbocycles. The zero-order valence-electron chi connectivity index (χ0n) is 8.97. The summed E-state index contributed by atoms with van der Waals surface area (Å²) < 4.78 is 1.78. The second kappa shape index (κ2) is 5.86. The van der Waals surface area contributed by atoms with Gasteiger partial charge >= 0.3 is 0 Å². The summed E-state index contributed by atoms with van der Waals surface area (Å²) in [6.07, 6.45) is 11.1. The van der Waals surface area contributed by atoms with E-state index in [-0.39, 0.29) is 0 Å². The maximum atomic E-state index is 3.86. The van der Waals surface area contributed by atoms with Gasteiger partial charge in [-0.3, -0.25) is 0 Å². The van der Waals surface area contributed by atoms with Crippen molar-refractivity contribution in [3.8, 4) is 0 Å². The predicted octanol–water partition coefficient (Wildman–Crippen LogP) is 2.72. The van der Waals surface area contributed by atoms with Gasteiger partial charge in [0.25, 0.3) is 0 Å². The van der Waals surface area contributed by atoms with Crippen molar-refractivity contribution in [3.05, 3.63) is 50.4 Å². The highest BCUT2D eigenvalue weighted by molar-refractivity contribution is 5.14. The average Bonchev–Trinajstić information content (AvgIpc) is 2.88. The lowest BCUT2D eigenvalue weighted by molar-refractivity contribution is 0.538. The lowest BCUT2D eigenvalue weighted by Crippen LogP contribution is -2.06. The Hall–Kier alpha value is -1.77. The SMILES string of the molecule is C=CN1CCCC1=C.C=Cn1ccnc1. The van der Waals surface area contributed by atoms with Crippen LogP contribution < -0.4 is 0 Å². The van der Waals surface area contributed by atoms with Crippen LogP contribution in [-0.4, -0.2) is 21.0 Å². The minimum Gasteiger partial charge on any atom is -0.353 e. The summed E-state index contributed by atoms with van der Waals surface area (Å²) in [5.74, 6) is 0. The maximum absolute atomic E-state index is 3.86. The predicted molar refractivity (Wildman–Crippen MR) is 63.9 cm³/mol. The van der Waals surface area contributed by atoms with E-state index in [1.165, 1.54) is 12.1 Å². The summed E-state index contributed by atoms with van der Waals surface area (Å²) in [7, 11) is 0. The summed E-state index contributed by atoms with van der Waals surface area (Å²) in [5.41, 5.74) is 1.21. The Labute approximate surface area is 91.0 Å². The Morgan fingerprint density at radius 1 is 1.33 bits per heavy atom. The molecule has 1 aromatic heterocycles. The summed E-state index contributed by atoms with van der Waals surface area (Å²) in [4.78, 5) is 5.88. The molecule has 0 unspecified atom stereocenters. The van der Waals surface area contributed by atoms with Crippen LogP contribution in [-0.2, 0) is 0 Å². The fourth-order valence-corrected chi connectivity index (χ4v) is 1.35. The summed E-state index contributed by atoms with van der Waals surface area (Å²) >= 11 is 0. The Morgan fingerprint density at radius 2 is 2.13 bits per heavy atom. The second-order valence-corrected chi connectivity index (χ2v) is 3.24. The van der Waals surface area contributed by atoms with E-state index in [9.17, 15) is 0 Å². The van der Waals surface area contributed by atoms with Crippen LogP contribution in [0.15, 0.2) is 50.4 Å². The molecule has 3 heteroatoms. The van der Waals surface area contributed by atoms with Crippen molar-refractivity contribution in [1.82, 2.24) is 14.5 Å². The van der Waals surface area contributed by atoms with Crippen molar-refractivity contribution in [3.63, 3.8) is 0 Å². The number of nitrogens with zero attached hydrogens (tertiary/aromatic N) is 3. The highest BCUT2D eigenvalue weighted by Gasteiger charge is 2.09. The second-order valence-electron chi connectivity index (χ2n) is 3.24. The first-order valence-corrected chi connectivity index (χ1v) is 4.95. The van der Waals surface area contributed by atoms with Gasteiger partial charge in [-0.2, -0.15) is 0 Å². The number of rotatable bonds is 2. The van der Waals surface area contributed by atoms with Crippen LogP contribution in [0.5, 0.6) is 0 Å². The topological polar surface area (TPSA) is 21.1 Å². The van der Waals surface area contributed by atoms with Gasteiger partial charge in [-0.05, 0) is 19.0 Å². The number of likely N-dealkylation sites (tertiary alicyclic amines) is 1. The number of imidazole rings is 1. The minimum atomic E-state index is 1.11. The molecule has 0 amide bonds. The molecule has 0 spiro atoms. The van der Waals surface area contributed by atoms with Gasteiger partial charge in [0.05, 0.1) is 6.33 Å². The van der Waals surface area contributed by atoms with Crippen LogP contribution in [0.4, 0.5) is 0 Å². The maximum Gasteiger partial charge on any atom is 0.0986 e. The third-order valence-electron chi connectivity index (χ3n) is 2.23. The first kappa shape index (κ1) is 11.3. The molecular weight excluding hydrogens is 186 g/mol. The molecule has 15 heavy (non-hydrogen) atoms. The molecule has 0 saturated carbocycles. The average molecular weight is 203 g/mol. The Balaban J connectivity index is 0.000000151. The van der Waals surface area contributed by atoms with Gasteiger partial charge in [0.2, 0.25) is 0 Å². The third kappa shape index (κ3) is 3.46. The fraction of sp³-hybridized carbons (Fsp3) is 0.250. The van der Waals surface area contributed by atoms with E-state index in [4.69, 9.17) is 0 Å². The lowest BCUT2D eigenvalue weighted by atomic mass is 10.3. The van der Waals surface area contributed by atoms with E-state index < -0.39 is 0 Å². The van der Waals surface area contributed by atoms with Gasteiger partial charge in [0.1, 0.15) is 0 Å². The quantitative estimate of drug-likeness (QED) is 0.737. The smallest absolute Gasteiger partial charge is 0.0986 e. The van der Waals surface area contributed by atoms with Crippen LogP contribution in [0, 0.1) is 0 Å². The van der Waals surface area contributed by atoms with Crippen molar-refractivity contribution in [2.24, 2.45) is 0 Å². The van der Waals surface area contributed by atoms with Crippen molar-refractivity contribution in [1.29, 1.82) is 0 Å². The van der Waals surface area contributed by atoms with Gasteiger partial charge in [-0.1, -0.05) is 19.7 Å². The van der Waals surface area contributed by atoms with Crippen LogP contribution >= 0.6 is 0 Å². The zero-order chi connectivity index (χ0) is 11.1. The van der Waals surface area contributed by atoms with Gasteiger partial charge in [-0.25, -0.2) is 4.98 Å². The Bertz CT molecular complexity index is 325. The number of allylic oxidation sites excluding steroid dienone is 1. The summed E-state index contributed by atoms with van der Waals surface area (Å²) in [5, 5.41) is 0. The molecular formula is C12H17N3. The van der Waals surface area contributed by atoms with Crippen LogP contribution in [0.2, 0.25) is 0 Å². The Morgan fingerprint density at radius 3 is 2.40 bits per heavy atom. The van der Waals surface area contributed by atoms with E-state index in [0.717, 1.165) is 13.0 Å². The van der Waals surface area contributed by atoms with Gasteiger partial charge < -0.3 is 9.47 Å². The molecule has 2 rings (SSSR count). The van der Waals surface area contributed by atoms with Gasteiger partial charge in [0.15, 0.2) is 0 Å². The highest BCUT2D eigenvalue weighted by Crippen LogP contribution is 2.17. The monoisotopic (exact) mass is 203 g/mol. The van der Waals surface area contributed by atoms with E-state index >= 15 is 0 Å². The fourth-order valence-electron chi connectivity index (χ4n) is 1.35. The number of hydrogen-bond donors (Lipinski definition) is 0. The first-order valence-electron chi connectivity index (χ1n) is 4.95. The molecule has 1 aliphatic rings. The Kier molecular flexibility index (Phi) is 4.41. The molecule has 2 heterocycles. The number of hydrogen-bond acceptors (Lipinski definition) is 2. The summed E-state index contributed by atoms with van der Waals surface area (Å²) in [6.45, 7) is 12.2. The molecule has 80 valence electrons. The van der Waals surface area contributed by atoms with Gasteiger partial charge in [-0.15, -0.1) is 0 Å². The molecule has 1 fully saturated rings. The van der Waals surface area contributed by atoms with E-state index in [0.29, 0.717) is 0 Å². The van der Waals surface area contributed by atoms with Gasteiger partial charge in [0, 0.05) is 30.8 Å². The molecule has 0 atom stereocenters. The molecule has 1 saturated heterocycles. The van der Waals surface area contributed by atoms with Crippen LogP contribution in [0.25, 0.3) is 6.20 Å². The molecule has 0 radical (unpaired) electrons. The third-order valence-corrected chi connectivity index (χ3v) is 2.23. The van der Waals surface area contributed by atoms with E-state index in [2.05, 4.69) is 29.6 Å². The van der Waals surface area contributed by atoms with Crippen molar-refractivity contribution < 1.29 is 0 Å². The first-order chi connectivity index (χ1) is 7.27. The molecule has 1 aromatic rings. The standard InChI is InChI=1S/C7H11N.C5H6N2/c1-3-8-6-4-5-7(8)2;1-2-7-4-3-6-5-7/h3H,1-2,4-6H2;2-5H,1H2. The minimum absolute atomic E-state index is 1.11. The van der Waals surface area contributed by atoms with E-state index in [1.54, 1.807) is 23.3 Å². The van der Waals surface area contributed by atoms with Crippen molar-refractivity contribution in [2.75, 3.05) is 6.54 Å². The normalized spacial score (nSPS) is 14.4. The van der Waals surface area contributed by atoms with E-state index in [1.807, 2.05) is 12.4 Å². The molecule has 3 nitrogen and oxygen atoms in total. The lowest BCUT2D eigenvalue weighted by Gasteiger charge is -2.10. The molecule has 0 bridgehead atoms. The molecule has 1 aliphatic heterocycles. The largest absolute Gasteiger partial charge is 0.353 e. The van der Waals surface area contributed by atoms with Crippen LogP contribution in [0.3, 0.4) is 0 Å². The number of aromatic nitrogens is 2. The highest BCUT2D eigenvalue weighted by atomic mass is 15.1. The van der Waals surface area contributed by atoms with Crippen molar-refractivity contribution >= 4 is 6.20 Å². The zero-order valence-corrected chi connectivity index (χ0v) is 8.97. The molecule has 0 N–H and O–H groups in total.